The summed E-state index contributed by atoms with van der Waals surface area (Å²) in [6.45, 7) is 2.25. The van der Waals surface area contributed by atoms with Gasteiger partial charge in [0, 0.05) is 31.2 Å². The molecule has 2 rings (SSSR count). The van der Waals surface area contributed by atoms with Crippen LogP contribution in [0.25, 0.3) is 0 Å². The van der Waals surface area contributed by atoms with Gasteiger partial charge in [0.1, 0.15) is 0 Å². The van der Waals surface area contributed by atoms with Gasteiger partial charge in [-0.2, -0.15) is 0 Å². The molecule has 0 saturated carbocycles. The highest BCUT2D eigenvalue weighted by atomic mass is 79.9. The highest BCUT2D eigenvalue weighted by molar-refractivity contribution is 9.10. The number of piperidine rings is 1. The third kappa shape index (κ3) is 3.86. The van der Waals surface area contributed by atoms with Crippen molar-refractivity contribution >= 4 is 27.3 Å². The molecular weight excluding hydrogens is 302 g/mol. The van der Waals surface area contributed by atoms with Gasteiger partial charge in [-0.15, -0.1) is 0 Å². The smallest absolute Gasteiger partial charge is 0.0597 e. The number of nitrogens with one attached hydrogen (secondary N) is 1. The van der Waals surface area contributed by atoms with Crippen LogP contribution in [0.15, 0.2) is 22.7 Å². The van der Waals surface area contributed by atoms with Gasteiger partial charge in [-0.05, 0) is 44.6 Å². The largest absolute Gasteiger partial charge is 0.382 e. The van der Waals surface area contributed by atoms with E-state index in [0.29, 0.717) is 6.04 Å². The predicted octanol–water partition coefficient (Wildman–Crippen LogP) is 3.41. The molecule has 0 radical (unpaired) electrons. The Hall–Kier alpha value is -0.740. The van der Waals surface area contributed by atoms with Gasteiger partial charge >= 0.3 is 0 Å². The number of anilines is 2. The van der Waals surface area contributed by atoms with Crippen molar-refractivity contribution in [3.05, 3.63) is 22.7 Å². The third-order valence-electron chi connectivity index (χ3n) is 3.89. The quantitative estimate of drug-likeness (QED) is 0.915. The first kappa shape index (κ1) is 14.7. The summed E-state index contributed by atoms with van der Waals surface area (Å²) < 4.78 is 1.12. The van der Waals surface area contributed by atoms with Crippen LogP contribution in [-0.4, -0.2) is 45.2 Å². The first-order valence-corrected chi connectivity index (χ1v) is 7.78. The Balaban J connectivity index is 2.03. The number of benzene rings is 1. The highest BCUT2D eigenvalue weighted by Crippen LogP contribution is 2.28. The zero-order chi connectivity index (χ0) is 13.8. The minimum atomic E-state index is 0.655. The summed E-state index contributed by atoms with van der Waals surface area (Å²) >= 11 is 3.55. The van der Waals surface area contributed by atoms with Crippen molar-refractivity contribution in [1.29, 1.82) is 0 Å². The van der Waals surface area contributed by atoms with Gasteiger partial charge in [-0.1, -0.05) is 22.4 Å². The van der Waals surface area contributed by atoms with Gasteiger partial charge in [0.25, 0.3) is 0 Å². The van der Waals surface area contributed by atoms with E-state index in [4.69, 9.17) is 0 Å². The lowest BCUT2D eigenvalue weighted by Crippen LogP contribution is -2.40. The molecule has 1 aromatic rings. The fourth-order valence-electron chi connectivity index (χ4n) is 2.67. The van der Waals surface area contributed by atoms with E-state index in [9.17, 15) is 0 Å². The second-order valence-corrected chi connectivity index (χ2v) is 6.48. The Bertz CT molecular complexity index is 420. The Kier molecular flexibility index (Phi) is 5.11. The van der Waals surface area contributed by atoms with Gasteiger partial charge < -0.3 is 15.1 Å². The average Bonchev–Trinajstić information content (AvgIpc) is 2.37. The average molecular weight is 326 g/mol. The van der Waals surface area contributed by atoms with Gasteiger partial charge in [0.15, 0.2) is 0 Å². The van der Waals surface area contributed by atoms with Gasteiger partial charge in [0.05, 0.1) is 11.4 Å². The molecule has 0 amide bonds. The summed E-state index contributed by atoms with van der Waals surface area (Å²) in [5, 5.41) is 3.62. The van der Waals surface area contributed by atoms with Crippen molar-refractivity contribution in [3.8, 4) is 0 Å². The molecule has 1 aliphatic heterocycles. The van der Waals surface area contributed by atoms with E-state index in [2.05, 4.69) is 70.4 Å². The molecule has 1 saturated heterocycles. The van der Waals surface area contributed by atoms with Crippen LogP contribution in [-0.2, 0) is 0 Å². The van der Waals surface area contributed by atoms with E-state index < -0.39 is 0 Å². The normalized spacial score (nSPS) is 20.3. The molecule has 1 N–H and O–H groups in total. The maximum Gasteiger partial charge on any atom is 0.0597 e. The highest BCUT2D eigenvalue weighted by Gasteiger charge is 2.18. The molecule has 1 fully saturated rings. The summed E-state index contributed by atoms with van der Waals surface area (Å²) in [5.74, 6) is 0. The van der Waals surface area contributed by atoms with Crippen LogP contribution in [0.4, 0.5) is 11.4 Å². The van der Waals surface area contributed by atoms with Crippen molar-refractivity contribution in [3.63, 3.8) is 0 Å². The van der Waals surface area contributed by atoms with E-state index in [1.54, 1.807) is 0 Å². The van der Waals surface area contributed by atoms with Crippen LogP contribution in [0.5, 0.6) is 0 Å². The topological polar surface area (TPSA) is 18.5 Å². The summed E-state index contributed by atoms with van der Waals surface area (Å²) in [5.41, 5.74) is 2.44. The number of likely N-dealkylation sites (tertiary alicyclic amines) is 1. The second kappa shape index (κ2) is 6.62. The number of hydrogen-bond donors (Lipinski definition) is 1. The number of hydrogen-bond acceptors (Lipinski definition) is 3. The molecule has 1 aliphatic rings. The molecule has 0 aromatic heterocycles. The van der Waals surface area contributed by atoms with Gasteiger partial charge in [-0.3, -0.25) is 0 Å². The Morgan fingerprint density at radius 1 is 1.37 bits per heavy atom. The Morgan fingerprint density at radius 2 is 2.16 bits per heavy atom. The maximum absolute atomic E-state index is 3.62. The molecule has 3 nitrogen and oxygen atoms in total. The molecule has 1 atom stereocenters. The van der Waals surface area contributed by atoms with E-state index in [-0.39, 0.29) is 0 Å². The van der Waals surface area contributed by atoms with Gasteiger partial charge in [-0.25, -0.2) is 0 Å². The van der Waals surface area contributed by atoms with Gasteiger partial charge in [0.2, 0.25) is 0 Å². The van der Waals surface area contributed by atoms with E-state index >= 15 is 0 Å². The molecular formula is C15H24BrN3. The minimum absolute atomic E-state index is 0.655. The number of halogens is 1. The lowest BCUT2D eigenvalue weighted by atomic mass is 10.0. The van der Waals surface area contributed by atoms with Crippen molar-refractivity contribution in [1.82, 2.24) is 4.90 Å². The SMILES string of the molecule is CN(C)c1ccc(Br)cc1NCC1CCCCN1C. The van der Waals surface area contributed by atoms with Crippen LogP contribution in [0.3, 0.4) is 0 Å². The first-order valence-electron chi connectivity index (χ1n) is 6.99. The Morgan fingerprint density at radius 3 is 2.84 bits per heavy atom. The van der Waals surface area contributed by atoms with Crippen LogP contribution in [0.2, 0.25) is 0 Å². The zero-order valence-corrected chi connectivity index (χ0v) is 13.7. The summed E-state index contributed by atoms with van der Waals surface area (Å²) in [4.78, 5) is 4.63. The predicted molar refractivity (Wildman–Crippen MR) is 87.2 cm³/mol. The fraction of sp³-hybridized carbons (Fsp3) is 0.600. The molecule has 1 unspecified atom stereocenters. The minimum Gasteiger partial charge on any atom is -0.382 e. The van der Waals surface area contributed by atoms with Crippen LogP contribution < -0.4 is 10.2 Å². The summed E-state index contributed by atoms with van der Waals surface area (Å²) in [6, 6.07) is 7.06. The van der Waals surface area contributed by atoms with Crippen molar-refractivity contribution in [2.75, 3.05) is 44.4 Å². The third-order valence-corrected chi connectivity index (χ3v) is 4.38. The molecule has 106 valence electrons. The molecule has 0 aliphatic carbocycles. The second-order valence-electron chi connectivity index (χ2n) is 5.57. The summed E-state index contributed by atoms with van der Waals surface area (Å²) in [7, 11) is 6.40. The van der Waals surface area contributed by atoms with Crippen LogP contribution in [0, 0.1) is 0 Å². The zero-order valence-electron chi connectivity index (χ0n) is 12.1. The molecule has 4 heteroatoms. The molecule has 0 bridgehead atoms. The standard InChI is InChI=1S/C15H24BrN3/c1-18(2)15-8-7-12(16)10-14(15)17-11-13-6-4-5-9-19(13)3/h7-8,10,13,17H,4-6,9,11H2,1-3H3. The summed E-state index contributed by atoms with van der Waals surface area (Å²) in [6.07, 6.45) is 4.00. The van der Waals surface area contributed by atoms with Crippen LogP contribution in [0.1, 0.15) is 19.3 Å². The first-order chi connectivity index (χ1) is 9.08. The van der Waals surface area contributed by atoms with Crippen LogP contribution >= 0.6 is 15.9 Å². The maximum atomic E-state index is 3.62. The van der Waals surface area contributed by atoms with Crippen molar-refractivity contribution in [2.45, 2.75) is 25.3 Å². The lowest BCUT2D eigenvalue weighted by Gasteiger charge is -2.33. The monoisotopic (exact) mass is 325 g/mol. The van der Waals surface area contributed by atoms with Crippen molar-refractivity contribution in [2.24, 2.45) is 0 Å². The number of likely N-dealkylation sites (N-methyl/N-ethyl adjacent to an activating group) is 1. The van der Waals surface area contributed by atoms with E-state index in [1.165, 1.54) is 37.2 Å². The molecule has 19 heavy (non-hydrogen) atoms. The lowest BCUT2D eigenvalue weighted by molar-refractivity contribution is 0.194. The number of nitrogens with zero attached hydrogens (tertiary/aromatic N) is 2. The molecule has 1 aromatic carbocycles. The Labute approximate surface area is 125 Å². The van der Waals surface area contributed by atoms with Crippen molar-refractivity contribution < 1.29 is 0 Å². The molecule has 0 spiro atoms. The van der Waals surface area contributed by atoms with E-state index in [0.717, 1.165) is 11.0 Å². The number of rotatable bonds is 4. The fourth-order valence-corrected chi connectivity index (χ4v) is 3.03. The molecule has 1 heterocycles. The van der Waals surface area contributed by atoms with E-state index in [1.807, 2.05) is 0 Å².